The van der Waals surface area contributed by atoms with E-state index in [9.17, 15) is 9.59 Å². The van der Waals surface area contributed by atoms with Gasteiger partial charge in [0.2, 0.25) is 0 Å². The van der Waals surface area contributed by atoms with Gasteiger partial charge in [0.05, 0.1) is 5.56 Å². The number of hydrogen-bond acceptors (Lipinski definition) is 3. The molecule has 0 radical (unpaired) electrons. The standard InChI is InChI=1S/C19H25N3O3/c1-4-22-13(2)12-17(14(22)3)19(25)21-16-8-6-15(7-9-16)18(24)20-10-5-11-23/h6-9,12,23H,4-5,10-11H2,1-3H3,(H,20,24)(H,21,25). The number of aliphatic hydroxyl groups is 1. The summed E-state index contributed by atoms with van der Waals surface area (Å²) in [5.41, 5.74) is 3.81. The predicted octanol–water partition coefficient (Wildman–Crippen LogP) is 2.49. The number of aliphatic hydroxyl groups excluding tert-OH is 1. The third-order valence-corrected chi connectivity index (χ3v) is 4.16. The van der Waals surface area contributed by atoms with Crippen molar-refractivity contribution in [3.8, 4) is 0 Å². The molecular weight excluding hydrogens is 318 g/mol. The molecule has 1 heterocycles. The van der Waals surface area contributed by atoms with Crippen molar-refractivity contribution in [3.63, 3.8) is 0 Å². The minimum Gasteiger partial charge on any atom is -0.396 e. The van der Waals surface area contributed by atoms with E-state index in [1.807, 2.05) is 26.8 Å². The molecule has 0 fully saturated rings. The fraction of sp³-hybridized carbons (Fsp3) is 0.368. The van der Waals surface area contributed by atoms with Crippen LogP contribution in [0, 0.1) is 13.8 Å². The first-order valence-electron chi connectivity index (χ1n) is 8.45. The van der Waals surface area contributed by atoms with Gasteiger partial charge in [0.15, 0.2) is 0 Å². The van der Waals surface area contributed by atoms with Gasteiger partial charge in [-0.2, -0.15) is 0 Å². The molecule has 0 atom stereocenters. The number of aryl methyl sites for hydroxylation is 1. The maximum atomic E-state index is 12.5. The van der Waals surface area contributed by atoms with Crippen LogP contribution in [-0.4, -0.2) is 34.6 Å². The number of anilines is 1. The van der Waals surface area contributed by atoms with Crippen molar-refractivity contribution in [2.45, 2.75) is 33.7 Å². The Balaban J connectivity index is 2.03. The lowest BCUT2D eigenvalue weighted by Gasteiger charge is -2.08. The first-order chi connectivity index (χ1) is 12.0. The van der Waals surface area contributed by atoms with E-state index in [2.05, 4.69) is 15.2 Å². The summed E-state index contributed by atoms with van der Waals surface area (Å²) in [6.45, 7) is 7.27. The summed E-state index contributed by atoms with van der Waals surface area (Å²) in [6, 6.07) is 8.63. The van der Waals surface area contributed by atoms with Gasteiger partial charge >= 0.3 is 0 Å². The van der Waals surface area contributed by atoms with Gasteiger partial charge in [-0.05, 0) is 57.5 Å². The van der Waals surface area contributed by atoms with Gasteiger partial charge in [-0.15, -0.1) is 0 Å². The van der Waals surface area contributed by atoms with Crippen LogP contribution in [0.25, 0.3) is 0 Å². The number of nitrogens with one attached hydrogen (secondary N) is 2. The zero-order valence-corrected chi connectivity index (χ0v) is 14.9. The van der Waals surface area contributed by atoms with Crippen LogP contribution in [0.15, 0.2) is 30.3 Å². The second-order valence-electron chi connectivity index (χ2n) is 5.89. The SMILES string of the molecule is CCn1c(C)cc(C(=O)Nc2ccc(C(=O)NCCCO)cc2)c1C. The highest BCUT2D eigenvalue weighted by Crippen LogP contribution is 2.17. The summed E-state index contributed by atoms with van der Waals surface area (Å²) in [5.74, 6) is -0.356. The third kappa shape index (κ3) is 4.48. The van der Waals surface area contributed by atoms with Crippen LogP contribution in [0.4, 0.5) is 5.69 Å². The normalized spacial score (nSPS) is 10.6. The van der Waals surface area contributed by atoms with Gasteiger partial charge in [0.1, 0.15) is 0 Å². The topological polar surface area (TPSA) is 83.4 Å². The molecule has 6 nitrogen and oxygen atoms in total. The van der Waals surface area contributed by atoms with Crippen LogP contribution in [0.3, 0.4) is 0 Å². The molecule has 0 aliphatic carbocycles. The maximum Gasteiger partial charge on any atom is 0.257 e. The molecule has 1 aromatic carbocycles. The third-order valence-electron chi connectivity index (χ3n) is 4.16. The van der Waals surface area contributed by atoms with Crippen molar-refractivity contribution in [1.82, 2.24) is 9.88 Å². The van der Waals surface area contributed by atoms with Crippen molar-refractivity contribution < 1.29 is 14.7 Å². The number of hydrogen-bond donors (Lipinski definition) is 3. The van der Waals surface area contributed by atoms with E-state index >= 15 is 0 Å². The number of carbonyl (C=O) groups is 2. The molecule has 134 valence electrons. The van der Waals surface area contributed by atoms with Gasteiger partial charge in [-0.25, -0.2) is 0 Å². The van der Waals surface area contributed by atoms with Gasteiger partial charge in [0, 0.05) is 42.3 Å². The zero-order chi connectivity index (χ0) is 18.4. The number of amides is 2. The molecule has 0 saturated carbocycles. The van der Waals surface area contributed by atoms with E-state index in [1.54, 1.807) is 24.3 Å². The second-order valence-corrected chi connectivity index (χ2v) is 5.89. The molecule has 0 saturated heterocycles. The van der Waals surface area contributed by atoms with Crippen molar-refractivity contribution in [2.75, 3.05) is 18.5 Å². The van der Waals surface area contributed by atoms with E-state index in [-0.39, 0.29) is 18.4 Å². The Bertz CT molecular complexity index is 748. The zero-order valence-electron chi connectivity index (χ0n) is 14.9. The highest BCUT2D eigenvalue weighted by atomic mass is 16.3. The number of nitrogens with zero attached hydrogens (tertiary/aromatic N) is 1. The van der Waals surface area contributed by atoms with Crippen LogP contribution in [0.2, 0.25) is 0 Å². The monoisotopic (exact) mass is 343 g/mol. The highest BCUT2D eigenvalue weighted by molar-refractivity contribution is 6.05. The lowest BCUT2D eigenvalue weighted by atomic mass is 10.1. The lowest BCUT2D eigenvalue weighted by molar-refractivity contribution is 0.0950. The first-order valence-corrected chi connectivity index (χ1v) is 8.45. The number of aromatic nitrogens is 1. The second kappa shape index (κ2) is 8.48. The first kappa shape index (κ1) is 18.7. The fourth-order valence-corrected chi connectivity index (χ4v) is 2.80. The minimum atomic E-state index is -0.196. The molecule has 0 unspecified atom stereocenters. The molecule has 0 spiro atoms. The van der Waals surface area contributed by atoms with Crippen LogP contribution in [0.1, 0.15) is 45.4 Å². The fourth-order valence-electron chi connectivity index (χ4n) is 2.80. The number of benzene rings is 1. The summed E-state index contributed by atoms with van der Waals surface area (Å²) >= 11 is 0. The lowest BCUT2D eigenvalue weighted by Crippen LogP contribution is -2.25. The largest absolute Gasteiger partial charge is 0.396 e. The van der Waals surface area contributed by atoms with E-state index < -0.39 is 0 Å². The smallest absolute Gasteiger partial charge is 0.257 e. The molecule has 0 aliphatic heterocycles. The van der Waals surface area contributed by atoms with Crippen molar-refractivity contribution >= 4 is 17.5 Å². The van der Waals surface area contributed by atoms with Crippen LogP contribution >= 0.6 is 0 Å². The van der Waals surface area contributed by atoms with Crippen molar-refractivity contribution in [3.05, 3.63) is 52.8 Å². The average Bonchev–Trinajstić information content (AvgIpc) is 2.89. The van der Waals surface area contributed by atoms with Crippen LogP contribution < -0.4 is 10.6 Å². The van der Waals surface area contributed by atoms with Gasteiger partial charge in [-0.3, -0.25) is 9.59 Å². The van der Waals surface area contributed by atoms with Gasteiger partial charge < -0.3 is 20.3 Å². The van der Waals surface area contributed by atoms with E-state index in [1.165, 1.54) is 0 Å². The molecule has 2 rings (SSSR count). The summed E-state index contributed by atoms with van der Waals surface area (Å²) < 4.78 is 2.09. The van der Waals surface area contributed by atoms with Crippen LogP contribution in [-0.2, 0) is 6.54 Å². The quantitative estimate of drug-likeness (QED) is 0.676. The summed E-state index contributed by atoms with van der Waals surface area (Å²) in [5, 5.41) is 14.3. The average molecular weight is 343 g/mol. The minimum absolute atomic E-state index is 0.0455. The molecule has 0 aliphatic rings. The summed E-state index contributed by atoms with van der Waals surface area (Å²) in [7, 11) is 0. The Hall–Kier alpha value is -2.60. The molecular formula is C19H25N3O3. The van der Waals surface area contributed by atoms with Crippen molar-refractivity contribution in [1.29, 1.82) is 0 Å². The van der Waals surface area contributed by atoms with E-state index in [0.29, 0.717) is 29.8 Å². The molecule has 3 N–H and O–H groups in total. The Morgan fingerprint density at radius 1 is 1.12 bits per heavy atom. The van der Waals surface area contributed by atoms with Gasteiger partial charge in [0.25, 0.3) is 11.8 Å². The Morgan fingerprint density at radius 2 is 1.80 bits per heavy atom. The molecule has 1 aromatic heterocycles. The molecule has 6 heteroatoms. The van der Waals surface area contributed by atoms with E-state index in [0.717, 1.165) is 17.9 Å². The summed E-state index contributed by atoms with van der Waals surface area (Å²) in [6.07, 6.45) is 0.524. The van der Waals surface area contributed by atoms with Gasteiger partial charge in [-0.1, -0.05) is 0 Å². The van der Waals surface area contributed by atoms with Crippen LogP contribution in [0.5, 0.6) is 0 Å². The molecule has 0 bridgehead atoms. The van der Waals surface area contributed by atoms with Crippen molar-refractivity contribution in [2.24, 2.45) is 0 Å². The highest BCUT2D eigenvalue weighted by Gasteiger charge is 2.15. The molecule has 2 amide bonds. The maximum absolute atomic E-state index is 12.5. The Morgan fingerprint density at radius 3 is 2.36 bits per heavy atom. The number of carbonyl (C=O) groups excluding carboxylic acids is 2. The Kier molecular flexibility index (Phi) is 6.36. The summed E-state index contributed by atoms with van der Waals surface area (Å²) in [4.78, 5) is 24.4. The molecule has 25 heavy (non-hydrogen) atoms. The molecule has 2 aromatic rings. The van der Waals surface area contributed by atoms with E-state index in [4.69, 9.17) is 5.11 Å². The Labute approximate surface area is 147 Å². The number of rotatable bonds is 7. The predicted molar refractivity (Wildman–Crippen MR) is 98.0 cm³/mol.